The number of H-pyrrole nitrogens is 2. The van der Waals surface area contributed by atoms with Crippen molar-refractivity contribution in [3.05, 3.63) is 92.3 Å². The molecule has 5 heterocycles. The molecule has 9 nitrogen and oxygen atoms in total. The van der Waals surface area contributed by atoms with Crippen LogP contribution in [0.3, 0.4) is 0 Å². The van der Waals surface area contributed by atoms with E-state index in [9.17, 15) is 19.8 Å². The molecule has 0 fully saturated rings. The highest BCUT2D eigenvalue weighted by molar-refractivity contribution is 5.87. The SMILES string of the molecule is O=c1[nH]c2ncccc2c(O)c1C1c2ccc(O)cc2Oc2c1c(=O)[nH]c1ncccc21. The Balaban J connectivity index is 1.77. The Hall–Kier alpha value is -4.66. The zero-order valence-corrected chi connectivity index (χ0v) is 16.3. The first-order valence-electron chi connectivity index (χ1n) is 9.74. The topological polar surface area (TPSA) is 141 Å². The smallest absolute Gasteiger partial charge is 0.257 e. The molecule has 1 aromatic carbocycles. The van der Waals surface area contributed by atoms with Crippen LogP contribution in [0.25, 0.3) is 22.1 Å². The molecule has 0 amide bonds. The summed E-state index contributed by atoms with van der Waals surface area (Å²) in [6, 6.07) is 11.1. The number of nitrogens with zero attached hydrogens (tertiary/aromatic N) is 2. The number of nitrogens with one attached hydrogen (secondary N) is 2. The standard InChI is InChI=1S/C23H14N4O5/c28-10-5-6-11-14(9-10)32-19-13-4-2-8-25-21(13)27-23(31)17(19)15(11)16-18(29)12-3-1-7-24-20(12)26-22(16)30/h1-9,15,28H,(H,25,27,31)(H2,24,26,29,30). The molecular weight excluding hydrogens is 412 g/mol. The van der Waals surface area contributed by atoms with Crippen molar-refractivity contribution in [1.29, 1.82) is 0 Å². The van der Waals surface area contributed by atoms with Crippen LogP contribution in [0.15, 0.2) is 64.4 Å². The molecule has 9 heteroatoms. The molecule has 5 aromatic rings. The third kappa shape index (κ3) is 2.45. The van der Waals surface area contributed by atoms with Gasteiger partial charge in [-0.2, -0.15) is 0 Å². The molecule has 1 aliphatic rings. The van der Waals surface area contributed by atoms with Gasteiger partial charge in [0.25, 0.3) is 11.1 Å². The van der Waals surface area contributed by atoms with E-state index in [0.29, 0.717) is 22.0 Å². The first kappa shape index (κ1) is 18.1. The molecule has 6 rings (SSSR count). The van der Waals surface area contributed by atoms with E-state index < -0.39 is 17.0 Å². The lowest BCUT2D eigenvalue weighted by Gasteiger charge is -2.28. The minimum Gasteiger partial charge on any atom is -0.508 e. The third-order valence-corrected chi connectivity index (χ3v) is 5.67. The zero-order valence-electron chi connectivity index (χ0n) is 16.3. The van der Waals surface area contributed by atoms with E-state index in [-0.39, 0.29) is 39.8 Å². The van der Waals surface area contributed by atoms with Crippen molar-refractivity contribution in [2.24, 2.45) is 0 Å². The van der Waals surface area contributed by atoms with Crippen LogP contribution in [0.5, 0.6) is 23.0 Å². The minimum absolute atomic E-state index is 0.0178. The zero-order chi connectivity index (χ0) is 22.0. The van der Waals surface area contributed by atoms with Gasteiger partial charge in [-0.15, -0.1) is 0 Å². The van der Waals surface area contributed by atoms with E-state index in [4.69, 9.17) is 4.74 Å². The van der Waals surface area contributed by atoms with Crippen LogP contribution in [-0.4, -0.2) is 30.1 Å². The van der Waals surface area contributed by atoms with Crippen molar-refractivity contribution in [2.75, 3.05) is 0 Å². The van der Waals surface area contributed by atoms with Crippen molar-refractivity contribution < 1.29 is 14.9 Å². The summed E-state index contributed by atoms with van der Waals surface area (Å²) in [5, 5.41) is 22.0. The van der Waals surface area contributed by atoms with Crippen LogP contribution in [0.1, 0.15) is 22.6 Å². The summed E-state index contributed by atoms with van der Waals surface area (Å²) in [6.45, 7) is 0. The number of benzene rings is 1. The Bertz CT molecular complexity index is 1660. The predicted octanol–water partition coefficient (Wildman–Crippen LogP) is 2.86. The Kier molecular flexibility index (Phi) is 3.64. The molecule has 4 aromatic heterocycles. The van der Waals surface area contributed by atoms with Crippen molar-refractivity contribution in [3.63, 3.8) is 0 Å². The fraction of sp³-hybridized carbons (Fsp3) is 0.0435. The first-order chi connectivity index (χ1) is 15.5. The molecule has 0 aliphatic carbocycles. The average molecular weight is 426 g/mol. The minimum atomic E-state index is -0.962. The van der Waals surface area contributed by atoms with E-state index in [1.54, 1.807) is 30.3 Å². The number of hydrogen-bond acceptors (Lipinski definition) is 7. The lowest BCUT2D eigenvalue weighted by atomic mass is 9.82. The largest absolute Gasteiger partial charge is 0.508 e. The summed E-state index contributed by atoms with van der Waals surface area (Å²) in [5.74, 6) is -0.803. The molecule has 0 radical (unpaired) electrons. The maximum absolute atomic E-state index is 13.2. The lowest BCUT2D eigenvalue weighted by Crippen LogP contribution is -2.27. The number of ether oxygens (including phenoxy) is 1. The summed E-state index contributed by atoms with van der Waals surface area (Å²) in [5.41, 5.74) is 0.0563. The quantitative estimate of drug-likeness (QED) is 0.317. The maximum atomic E-state index is 13.2. The number of aromatic hydroxyl groups is 2. The summed E-state index contributed by atoms with van der Waals surface area (Å²) < 4.78 is 6.05. The van der Waals surface area contributed by atoms with Gasteiger partial charge in [-0.1, -0.05) is 6.07 Å². The van der Waals surface area contributed by atoms with E-state index in [2.05, 4.69) is 19.9 Å². The Morgan fingerprint density at radius 3 is 2.25 bits per heavy atom. The second kappa shape index (κ2) is 6.42. The molecular formula is C23H14N4O5. The van der Waals surface area contributed by atoms with Crippen LogP contribution in [0.2, 0.25) is 0 Å². The van der Waals surface area contributed by atoms with Crippen LogP contribution in [-0.2, 0) is 0 Å². The average Bonchev–Trinajstić information content (AvgIpc) is 2.78. The Morgan fingerprint density at radius 2 is 1.50 bits per heavy atom. The molecule has 0 saturated heterocycles. The molecule has 0 bridgehead atoms. The molecule has 0 saturated carbocycles. The number of fused-ring (bicyclic) bond motifs is 5. The van der Waals surface area contributed by atoms with E-state index >= 15 is 0 Å². The van der Waals surface area contributed by atoms with Gasteiger partial charge in [0.15, 0.2) is 0 Å². The second-order valence-corrected chi connectivity index (χ2v) is 7.47. The highest BCUT2D eigenvalue weighted by Crippen LogP contribution is 2.49. The van der Waals surface area contributed by atoms with Gasteiger partial charge in [0.05, 0.1) is 27.8 Å². The van der Waals surface area contributed by atoms with Crippen molar-refractivity contribution in [1.82, 2.24) is 19.9 Å². The van der Waals surface area contributed by atoms with Gasteiger partial charge in [0.2, 0.25) is 0 Å². The number of pyridine rings is 4. The molecule has 4 N–H and O–H groups in total. The van der Waals surface area contributed by atoms with Crippen molar-refractivity contribution in [2.45, 2.75) is 5.92 Å². The van der Waals surface area contributed by atoms with Crippen LogP contribution in [0, 0.1) is 0 Å². The van der Waals surface area contributed by atoms with Crippen LogP contribution >= 0.6 is 0 Å². The predicted molar refractivity (Wildman–Crippen MR) is 116 cm³/mol. The molecule has 1 aliphatic heterocycles. The molecule has 32 heavy (non-hydrogen) atoms. The van der Waals surface area contributed by atoms with Gasteiger partial charge < -0.3 is 24.9 Å². The van der Waals surface area contributed by atoms with Crippen LogP contribution in [0.4, 0.5) is 0 Å². The maximum Gasteiger partial charge on any atom is 0.257 e. The van der Waals surface area contributed by atoms with Crippen molar-refractivity contribution in [3.8, 4) is 23.0 Å². The molecule has 1 atom stereocenters. The molecule has 0 spiro atoms. The van der Waals surface area contributed by atoms with Gasteiger partial charge in [0, 0.05) is 24.0 Å². The lowest BCUT2D eigenvalue weighted by molar-refractivity contribution is 0.434. The van der Waals surface area contributed by atoms with Gasteiger partial charge >= 0.3 is 0 Å². The molecule has 156 valence electrons. The normalized spacial score (nSPS) is 14.7. The summed E-state index contributed by atoms with van der Waals surface area (Å²) >= 11 is 0. The summed E-state index contributed by atoms with van der Waals surface area (Å²) in [6.07, 6.45) is 3.04. The number of phenols is 1. The highest BCUT2D eigenvalue weighted by atomic mass is 16.5. The number of phenolic OH excluding ortho intramolecular Hbond substituents is 1. The number of hydrogen-bond donors (Lipinski definition) is 4. The van der Waals surface area contributed by atoms with Gasteiger partial charge in [-0.05, 0) is 30.3 Å². The second-order valence-electron chi connectivity index (χ2n) is 7.47. The fourth-order valence-corrected chi connectivity index (χ4v) is 4.29. The van der Waals surface area contributed by atoms with E-state index in [1.807, 2.05) is 0 Å². The Labute approximate surface area is 178 Å². The van der Waals surface area contributed by atoms with Gasteiger partial charge in [-0.25, -0.2) is 9.97 Å². The van der Waals surface area contributed by atoms with Crippen molar-refractivity contribution >= 4 is 22.1 Å². The van der Waals surface area contributed by atoms with Crippen LogP contribution < -0.4 is 15.9 Å². The molecule has 1 unspecified atom stereocenters. The third-order valence-electron chi connectivity index (χ3n) is 5.67. The summed E-state index contributed by atoms with van der Waals surface area (Å²) in [7, 11) is 0. The summed E-state index contributed by atoms with van der Waals surface area (Å²) in [4.78, 5) is 40.0. The van der Waals surface area contributed by atoms with Gasteiger partial charge in [-0.3, -0.25) is 9.59 Å². The van der Waals surface area contributed by atoms with Gasteiger partial charge in [0.1, 0.15) is 34.3 Å². The number of rotatable bonds is 1. The first-order valence-corrected chi connectivity index (χ1v) is 9.74. The van der Waals surface area contributed by atoms with E-state index in [1.165, 1.54) is 24.5 Å². The number of aromatic nitrogens is 4. The van der Waals surface area contributed by atoms with E-state index in [0.717, 1.165) is 0 Å². The fourth-order valence-electron chi connectivity index (χ4n) is 4.29. The number of aromatic amines is 2. The monoisotopic (exact) mass is 426 g/mol. The Morgan fingerprint density at radius 1 is 0.844 bits per heavy atom. The highest BCUT2D eigenvalue weighted by Gasteiger charge is 2.37.